The number of carbonyl (C=O) groups excluding carboxylic acids is 1. The molecule has 2 unspecified atom stereocenters. The maximum absolute atomic E-state index is 12.1. The number of hydrogen-bond acceptors (Lipinski definition) is 2. The average molecular weight is 205 g/mol. The first kappa shape index (κ1) is 11.0. The van der Waals surface area contributed by atoms with Crippen LogP contribution < -0.4 is 5.73 Å². The van der Waals surface area contributed by atoms with Gasteiger partial charge in [-0.05, 0) is 6.42 Å². The summed E-state index contributed by atoms with van der Waals surface area (Å²) in [5, 5.41) is 0. The summed E-state index contributed by atoms with van der Waals surface area (Å²) in [6.07, 6.45) is -1.47. The van der Waals surface area contributed by atoms with E-state index in [1.54, 1.807) is 0 Å². The van der Waals surface area contributed by atoms with Crippen molar-refractivity contribution in [2.45, 2.75) is 18.6 Å². The maximum Gasteiger partial charge on any atom is 0.419 e. The summed E-state index contributed by atoms with van der Waals surface area (Å²) in [5.41, 5.74) is 4.12. The summed E-state index contributed by atoms with van der Waals surface area (Å²) in [6.45, 7) is 2.75. The van der Waals surface area contributed by atoms with Gasteiger partial charge in [0.05, 0.1) is 5.57 Å². The van der Waals surface area contributed by atoms with E-state index in [0.29, 0.717) is 0 Å². The van der Waals surface area contributed by atoms with Crippen LogP contribution in [0.4, 0.5) is 13.2 Å². The van der Waals surface area contributed by atoms with Gasteiger partial charge in [0.1, 0.15) is 0 Å². The summed E-state index contributed by atoms with van der Waals surface area (Å²) >= 11 is 0. The monoisotopic (exact) mass is 205 g/mol. The van der Waals surface area contributed by atoms with Gasteiger partial charge >= 0.3 is 6.18 Å². The molecule has 1 aliphatic carbocycles. The Morgan fingerprint density at radius 1 is 1.43 bits per heavy atom. The second-order valence-corrected chi connectivity index (χ2v) is 3.23. The van der Waals surface area contributed by atoms with E-state index in [2.05, 4.69) is 6.58 Å². The van der Waals surface area contributed by atoms with Gasteiger partial charge in [-0.3, -0.25) is 4.79 Å². The van der Waals surface area contributed by atoms with E-state index < -0.39 is 23.5 Å². The van der Waals surface area contributed by atoms with E-state index >= 15 is 0 Å². The molecule has 0 aromatic heterocycles. The van der Waals surface area contributed by atoms with Crippen molar-refractivity contribution in [1.29, 1.82) is 0 Å². The quantitative estimate of drug-likeness (QED) is 0.549. The van der Waals surface area contributed by atoms with Crippen LogP contribution in [-0.2, 0) is 4.79 Å². The smallest absolute Gasteiger partial charge is 0.324 e. The first-order valence-corrected chi connectivity index (χ1v) is 4.06. The molecule has 2 nitrogen and oxygen atoms in total. The van der Waals surface area contributed by atoms with Crippen LogP contribution in [0.15, 0.2) is 24.3 Å². The number of halogens is 3. The molecule has 0 saturated carbocycles. The molecule has 2 N–H and O–H groups in total. The molecular formula is C9H10F3NO. The molecule has 0 aliphatic heterocycles. The van der Waals surface area contributed by atoms with Gasteiger partial charge in [0.15, 0.2) is 5.78 Å². The van der Waals surface area contributed by atoms with Crippen molar-refractivity contribution in [2.75, 3.05) is 0 Å². The van der Waals surface area contributed by atoms with Crippen LogP contribution >= 0.6 is 0 Å². The third-order valence-electron chi connectivity index (χ3n) is 2.09. The molecule has 0 spiro atoms. The third-order valence-corrected chi connectivity index (χ3v) is 2.09. The fraction of sp³-hybridized carbons (Fsp3) is 0.444. The molecule has 14 heavy (non-hydrogen) atoms. The molecule has 0 fully saturated rings. The Bertz CT molecular complexity index is 293. The SMILES string of the molecule is C=C(C(=O)C1C=CC(N)C1)C(F)(F)F. The van der Waals surface area contributed by atoms with Crippen LogP contribution in [-0.4, -0.2) is 18.0 Å². The van der Waals surface area contributed by atoms with E-state index in [0.717, 1.165) is 0 Å². The minimum Gasteiger partial charge on any atom is -0.324 e. The van der Waals surface area contributed by atoms with Crippen molar-refractivity contribution in [1.82, 2.24) is 0 Å². The highest BCUT2D eigenvalue weighted by atomic mass is 19.4. The number of alkyl halides is 3. The molecule has 0 amide bonds. The van der Waals surface area contributed by atoms with Crippen molar-refractivity contribution in [2.24, 2.45) is 11.7 Å². The third kappa shape index (κ3) is 2.23. The lowest BCUT2D eigenvalue weighted by Gasteiger charge is -2.12. The average Bonchev–Trinajstić information content (AvgIpc) is 2.47. The molecule has 78 valence electrons. The molecule has 2 atom stereocenters. The van der Waals surface area contributed by atoms with Gasteiger partial charge in [-0.2, -0.15) is 13.2 Å². The molecule has 0 aromatic rings. The van der Waals surface area contributed by atoms with Crippen molar-refractivity contribution in [3.63, 3.8) is 0 Å². The van der Waals surface area contributed by atoms with Crippen molar-refractivity contribution < 1.29 is 18.0 Å². The van der Waals surface area contributed by atoms with Gasteiger partial charge < -0.3 is 5.73 Å². The van der Waals surface area contributed by atoms with E-state index in [4.69, 9.17) is 5.73 Å². The maximum atomic E-state index is 12.1. The van der Waals surface area contributed by atoms with Gasteiger partial charge in [-0.15, -0.1) is 0 Å². The molecule has 0 aromatic carbocycles. The van der Waals surface area contributed by atoms with Crippen LogP contribution in [0.1, 0.15) is 6.42 Å². The van der Waals surface area contributed by atoms with Crippen LogP contribution in [0.5, 0.6) is 0 Å². The fourth-order valence-electron chi connectivity index (χ4n) is 1.29. The van der Waals surface area contributed by atoms with E-state index in [1.807, 2.05) is 0 Å². The number of rotatable bonds is 2. The summed E-state index contributed by atoms with van der Waals surface area (Å²) in [4.78, 5) is 11.2. The largest absolute Gasteiger partial charge is 0.419 e. The summed E-state index contributed by atoms with van der Waals surface area (Å²) in [7, 11) is 0. The van der Waals surface area contributed by atoms with E-state index in [-0.39, 0.29) is 12.5 Å². The lowest BCUT2D eigenvalue weighted by atomic mass is 9.97. The fourth-order valence-corrected chi connectivity index (χ4v) is 1.29. The zero-order chi connectivity index (χ0) is 10.9. The van der Waals surface area contributed by atoms with Gasteiger partial charge in [0.25, 0.3) is 0 Å². The second-order valence-electron chi connectivity index (χ2n) is 3.23. The van der Waals surface area contributed by atoms with Crippen molar-refractivity contribution in [3.8, 4) is 0 Å². The Hall–Kier alpha value is -1.10. The number of nitrogens with two attached hydrogens (primary N) is 1. The molecule has 0 radical (unpaired) electrons. The summed E-state index contributed by atoms with van der Waals surface area (Å²) in [5.74, 6) is -1.75. The highest BCUT2D eigenvalue weighted by molar-refractivity contribution is 5.99. The Morgan fingerprint density at radius 2 is 2.00 bits per heavy atom. The molecular weight excluding hydrogens is 195 g/mol. The number of carbonyl (C=O) groups is 1. The molecule has 0 saturated heterocycles. The number of allylic oxidation sites excluding steroid dienone is 2. The molecule has 0 heterocycles. The van der Waals surface area contributed by atoms with Crippen LogP contribution in [0.2, 0.25) is 0 Å². The first-order chi connectivity index (χ1) is 6.32. The van der Waals surface area contributed by atoms with Gasteiger partial charge in [-0.25, -0.2) is 0 Å². The topological polar surface area (TPSA) is 43.1 Å². The zero-order valence-corrected chi connectivity index (χ0v) is 7.34. The first-order valence-electron chi connectivity index (χ1n) is 4.06. The van der Waals surface area contributed by atoms with Crippen LogP contribution in [0, 0.1) is 5.92 Å². The van der Waals surface area contributed by atoms with Crippen molar-refractivity contribution in [3.05, 3.63) is 24.3 Å². The minimum atomic E-state index is -4.64. The Morgan fingerprint density at radius 3 is 2.36 bits per heavy atom. The van der Waals surface area contributed by atoms with Crippen LogP contribution in [0.3, 0.4) is 0 Å². The second kappa shape index (κ2) is 3.57. The Kier molecular flexibility index (Phi) is 2.80. The molecule has 1 aliphatic rings. The lowest BCUT2D eigenvalue weighted by Crippen LogP contribution is -2.26. The summed E-state index contributed by atoms with van der Waals surface area (Å²) < 4.78 is 36.2. The molecule has 0 bridgehead atoms. The minimum absolute atomic E-state index is 0.230. The highest BCUT2D eigenvalue weighted by Gasteiger charge is 2.39. The standard InChI is InChI=1S/C9H10F3NO/c1-5(9(10,11)12)8(14)6-2-3-7(13)4-6/h2-3,6-7H,1,4,13H2. The van der Waals surface area contributed by atoms with Gasteiger partial charge in [0, 0.05) is 12.0 Å². The highest BCUT2D eigenvalue weighted by Crippen LogP contribution is 2.29. The normalized spacial score (nSPS) is 26.6. The molecule has 5 heteroatoms. The lowest BCUT2D eigenvalue weighted by molar-refractivity contribution is -0.130. The molecule has 1 rings (SSSR count). The van der Waals surface area contributed by atoms with Gasteiger partial charge in [-0.1, -0.05) is 18.7 Å². The number of Topliss-reactive ketones (excluding diaryl/α,β-unsaturated/α-hetero) is 1. The van der Waals surface area contributed by atoms with Crippen LogP contribution in [0.25, 0.3) is 0 Å². The van der Waals surface area contributed by atoms with E-state index in [1.165, 1.54) is 12.2 Å². The zero-order valence-electron chi connectivity index (χ0n) is 7.34. The van der Waals surface area contributed by atoms with E-state index in [9.17, 15) is 18.0 Å². The predicted molar refractivity (Wildman–Crippen MR) is 45.4 cm³/mol. The number of ketones is 1. The van der Waals surface area contributed by atoms with Crippen molar-refractivity contribution >= 4 is 5.78 Å². The number of hydrogen-bond donors (Lipinski definition) is 1. The van der Waals surface area contributed by atoms with Gasteiger partial charge in [0.2, 0.25) is 0 Å². The Balaban J connectivity index is 2.68. The summed E-state index contributed by atoms with van der Waals surface area (Å²) in [6, 6.07) is -0.329. The Labute approximate surface area is 79.3 Å². The predicted octanol–water partition coefficient (Wildman–Crippen LogP) is 1.58.